The summed E-state index contributed by atoms with van der Waals surface area (Å²) in [5, 5.41) is 10.5. The summed E-state index contributed by atoms with van der Waals surface area (Å²) >= 11 is 1.83. The molecule has 0 aliphatic heterocycles. The fourth-order valence-corrected chi connectivity index (χ4v) is 1.70. The molecule has 1 aromatic rings. The van der Waals surface area contributed by atoms with Gasteiger partial charge in [-0.05, 0) is 20.1 Å². The Morgan fingerprint density at radius 2 is 2.05 bits per heavy atom. The Kier molecular flexibility index (Phi) is 10.1. The Morgan fingerprint density at radius 1 is 1.36 bits per heavy atom. The van der Waals surface area contributed by atoms with Gasteiger partial charge in [-0.2, -0.15) is 16.7 Å². The van der Waals surface area contributed by atoms with Crippen LogP contribution in [0.15, 0.2) is 9.52 Å². The minimum atomic E-state index is 0. The zero-order valence-electron chi connectivity index (χ0n) is 14.3. The summed E-state index contributed by atoms with van der Waals surface area (Å²) in [4.78, 5) is 8.56. The number of hydrogen-bond donors (Lipinski definition) is 2. The smallest absolute Gasteiger partial charge is 0.228 e. The number of nitrogens with zero attached hydrogens (tertiary/aromatic N) is 3. The lowest BCUT2D eigenvalue weighted by atomic mass is 10.2. The third-order valence-electron chi connectivity index (χ3n) is 3.09. The van der Waals surface area contributed by atoms with Gasteiger partial charge in [0.2, 0.25) is 5.89 Å². The van der Waals surface area contributed by atoms with Crippen LogP contribution in [0.1, 0.15) is 45.3 Å². The lowest BCUT2D eigenvalue weighted by Crippen LogP contribution is -2.43. The molecule has 0 aromatic carbocycles. The number of halogens is 1. The first-order valence-corrected chi connectivity index (χ1v) is 8.42. The van der Waals surface area contributed by atoms with Crippen molar-refractivity contribution < 1.29 is 4.52 Å². The van der Waals surface area contributed by atoms with E-state index < -0.39 is 0 Å². The summed E-state index contributed by atoms with van der Waals surface area (Å²) in [7, 11) is 1.77. The number of thioether (sulfide) groups is 1. The molecule has 1 aromatic heterocycles. The van der Waals surface area contributed by atoms with Crippen molar-refractivity contribution in [1.82, 2.24) is 20.8 Å². The first kappa shape index (κ1) is 21.5. The lowest BCUT2D eigenvalue weighted by molar-refractivity contribution is 0.371. The average molecular weight is 441 g/mol. The number of rotatable bonds is 7. The molecule has 0 saturated carbocycles. The van der Waals surface area contributed by atoms with Crippen LogP contribution in [0.3, 0.4) is 0 Å². The van der Waals surface area contributed by atoms with Crippen molar-refractivity contribution in [2.45, 2.75) is 44.8 Å². The van der Waals surface area contributed by atoms with Crippen molar-refractivity contribution in [3.63, 3.8) is 0 Å². The van der Waals surface area contributed by atoms with E-state index in [2.05, 4.69) is 45.9 Å². The van der Waals surface area contributed by atoms with Gasteiger partial charge in [0.25, 0.3) is 0 Å². The summed E-state index contributed by atoms with van der Waals surface area (Å²) < 4.78 is 5.39. The number of guanidine groups is 1. The molecule has 0 saturated heterocycles. The van der Waals surface area contributed by atoms with Crippen LogP contribution in [0.5, 0.6) is 0 Å². The number of nitrogens with one attached hydrogen (secondary N) is 2. The second-order valence-corrected chi connectivity index (χ2v) is 7.28. The van der Waals surface area contributed by atoms with Gasteiger partial charge in [-0.25, -0.2) is 0 Å². The van der Waals surface area contributed by atoms with E-state index in [1.807, 2.05) is 25.6 Å². The van der Waals surface area contributed by atoms with Gasteiger partial charge in [0, 0.05) is 37.2 Å². The molecular weight excluding hydrogens is 413 g/mol. The maximum atomic E-state index is 5.21. The van der Waals surface area contributed by atoms with Crippen molar-refractivity contribution in [2.75, 3.05) is 26.4 Å². The maximum Gasteiger partial charge on any atom is 0.228 e. The standard InChI is InChI=1S/C14H27N5OS.HI/c1-10(2)12-18-11(20-19-12)7-8-16-13(15-5)17-9-14(3,4)21-6;/h10H,7-9H2,1-6H3,(H2,15,16,17);1H. The lowest BCUT2D eigenvalue weighted by Gasteiger charge is -2.23. The van der Waals surface area contributed by atoms with Crippen LogP contribution in [0, 0.1) is 0 Å². The molecule has 0 amide bonds. The second kappa shape index (κ2) is 10.3. The van der Waals surface area contributed by atoms with Gasteiger partial charge in [-0.3, -0.25) is 4.99 Å². The van der Waals surface area contributed by atoms with E-state index in [9.17, 15) is 0 Å². The molecule has 0 fully saturated rings. The van der Waals surface area contributed by atoms with Gasteiger partial charge in [0.15, 0.2) is 11.8 Å². The quantitative estimate of drug-likeness (QED) is 0.385. The molecule has 128 valence electrons. The van der Waals surface area contributed by atoms with Crippen molar-refractivity contribution >= 4 is 41.7 Å². The van der Waals surface area contributed by atoms with Gasteiger partial charge in [-0.15, -0.1) is 24.0 Å². The van der Waals surface area contributed by atoms with Gasteiger partial charge in [0.1, 0.15) is 0 Å². The van der Waals surface area contributed by atoms with Crippen LogP contribution in [-0.2, 0) is 6.42 Å². The topological polar surface area (TPSA) is 75.3 Å². The summed E-state index contributed by atoms with van der Waals surface area (Å²) in [6, 6.07) is 0. The van der Waals surface area contributed by atoms with Crippen LogP contribution >= 0.6 is 35.7 Å². The molecule has 1 heterocycles. The molecular formula is C14H28IN5OS. The third kappa shape index (κ3) is 7.66. The predicted octanol–water partition coefficient (Wildman–Crippen LogP) is 2.66. The molecule has 22 heavy (non-hydrogen) atoms. The number of aromatic nitrogens is 2. The summed E-state index contributed by atoms with van der Waals surface area (Å²) in [5.41, 5.74) is 0. The Hall–Kier alpha value is -0.510. The predicted molar refractivity (Wildman–Crippen MR) is 104 cm³/mol. The number of hydrogen-bond acceptors (Lipinski definition) is 5. The molecule has 0 bridgehead atoms. The Bertz CT molecular complexity index is 462. The second-order valence-electron chi connectivity index (χ2n) is 5.77. The molecule has 2 N–H and O–H groups in total. The van der Waals surface area contributed by atoms with E-state index in [0.29, 0.717) is 24.8 Å². The maximum absolute atomic E-state index is 5.21. The van der Waals surface area contributed by atoms with E-state index in [-0.39, 0.29) is 28.7 Å². The molecule has 8 heteroatoms. The highest BCUT2D eigenvalue weighted by molar-refractivity contribution is 14.0. The highest BCUT2D eigenvalue weighted by atomic mass is 127. The molecule has 0 unspecified atom stereocenters. The first-order chi connectivity index (χ1) is 9.88. The summed E-state index contributed by atoms with van der Waals surface area (Å²) in [5.74, 6) is 2.50. The Morgan fingerprint density at radius 3 is 2.55 bits per heavy atom. The monoisotopic (exact) mass is 441 g/mol. The molecule has 0 aliphatic carbocycles. The minimum absolute atomic E-state index is 0. The minimum Gasteiger partial charge on any atom is -0.356 e. The first-order valence-electron chi connectivity index (χ1n) is 7.20. The van der Waals surface area contributed by atoms with Gasteiger partial charge < -0.3 is 15.2 Å². The summed E-state index contributed by atoms with van der Waals surface area (Å²) in [6.45, 7) is 10.1. The normalized spacial score (nSPS) is 12.2. The van der Waals surface area contributed by atoms with Gasteiger partial charge >= 0.3 is 0 Å². The Labute approximate surface area is 154 Å². The van der Waals surface area contributed by atoms with Crippen molar-refractivity contribution in [3.8, 4) is 0 Å². The zero-order valence-corrected chi connectivity index (χ0v) is 17.4. The number of aliphatic imine (C=N–C) groups is 1. The molecule has 0 atom stereocenters. The van der Waals surface area contributed by atoms with Crippen LogP contribution in [0.2, 0.25) is 0 Å². The molecule has 0 aliphatic rings. The van der Waals surface area contributed by atoms with E-state index in [1.54, 1.807) is 7.05 Å². The molecule has 0 radical (unpaired) electrons. The van der Waals surface area contributed by atoms with E-state index in [0.717, 1.165) is 18.3 Å². The van der Waals surface area contributed by atoms with E-state index in [1.165, 1.54) is 0 Å². The Balaban J connectivity index is 0.00000441. The van der Waals surface area contributed by atoms with Gasteiger partial charge in [0.05, 0.1) is 0 Å². The highest BCUT2D eigenvalue weighted by Crippen LogP contribution is 2.19. The molecule has 1 rings (SSSR count). The fraction of sp³-hybridized carbons (Fsp3) is 0.786. The van der Waals surface area contributed by atoms with Crippen LogP contribution in [0.25, 0.3) is 0 Å². The molecule has 0 spiro atoms. The van der Waals surface area contributed by atoms with Crippen LogP contribution in [0.4, 0.5) is 0 Å². The van der Waals surface area contributed by atoms with Crippen molar-refractivity contribution in [2.24, 2.45) is 4.99 Å². The van der Waals surface area contributed by atoms with Gasteiger partial charge in [-0.1, -0.05) is 19.0 Å². The van der Waals surface area contributed by atoms with Crippen molar-refractivity contribution in [3.05, 3.63) is 11.7 Å². The van der Waals surface area contributed by atoms with E-state index in [4.69, 9.17) is 4.52 Å². The van der Waals surface area contributed by atoms with Crippen LogP contribution in [-0.4, -0.2) is 47.2 Å². The van der Waals surface area contributed by atoms with Crippen LogP contribution < -0.4 is 10.6 Å². The largest absolute Gasteiger partial charge is 0.356 e. The SMILES string of the molecule is CN=C(NCCc1nc(C(C)C)no1)NCC(C)(C)SC.I. The fourth-order valence-electron chi connectivity index (χ4n) is 1.48. The van der Waals surface area contributed by atoms with E-state index >= 15 is 0 Å². The zero-order chi connectivity index (χ0) is 15.9. The summed E-state index contributed by atoms with van der Waals surface area (Å²) in [6.07, 6.45) is 2.80. The highest BCUT2D eigenvalue weighted by Gasteiger charge is 2.16. The third-order valence-corrected chi connectivity index (χ3v) is 4.34. The molecule has 6 nitrogen and oxygen atoms in total. The van der Waals surface area contributed by atoms with Crippen molar-refractivity contribution in [1.29, 1.82) is 0 Å². The average Bonchev–Trinajstić information content (AvgIpc) is 2.91.